The molecule has 0 bridgehead atoms. The minimum Gasteiger partial charge on any atom is -0.495 e. The van der Waals surface area contributed by atoms with E-state index in [0.29, 0.717) is 23.1 Å². The van der Waals surface area contributed by atoms with Crippen LogP contribution in [0.5, 0.6) is 5.75 Å². The van der Waals surface area contributed by atoms with Gasteiger partial charge in [0.2, 0.25) is 0 Å². The van der Waals surface area contributed by atoms with Gasteiger partial charge in [0.1, 0.15) is 5.75 Å². The number of hydrogen-bond donors (Lipinski definition) is 2. The summed E-state index contributed by atoms with van der Waals surface area (Å²) in [7, 11) is 1.59. The number of nitrogens with zero attached hydrogens (tertiary/aromatic N) is 5. The molecular formula is C16H15ClN6O2. The average molecular weight is 359 g/mol. The van der Waals surface area contributed by atoms with Crippen molar-refractivity contribution in [3.8, 4) is 22.7 Å². The van der Waals surface area contributed by atoms with Crippen LogP contribution >= 0.6 is 11.6 Å². The van der Waals surface area contributed by atoms with Crippen LogP contribution in [0.1, 0.15) is 0 Å². The first-order valence-corrected chi connectivity index (χ1v) is 7.98. The van der Waals surface area contributed by atoms with Gasteiger partial charge in [-0.1, -0.05) is 16.8 Å². The van der Waals surface area contributed by atoms with Crippen LogP contribution in [0, 0.1) is 0 Å². The largest absolute Gasteiger partial charge is 0.495 e. The standard InChI is InChI=1S/C16H15ClN6O2/c1-25-15-4-11-12(10-6-18-19-7-10)8-23(14(11)5-13(15)17)16-9-22(2-3-24)21-20-16/h4-9,24H,2-3H2,1H3,(H,18,19). The number of hydrogen-bond acceptors (Lipinski definition) is 5. The third-order valence-corrected chi connectivity index (χ3v) is 4.29. The molecule has 0 fully saturated rings. The molecule has 0 unspecified atom stereocenters. The van der Waals surface area contributed by atoms with E-state index in [1.807, 2.05) is 29.1 Å². The molecule has 0 spiro atoms. The Labute approximate surface area is 147 Å². The maximum absolute atomic E-state index is 9.06. The summed E-state index contributed by atoms with van der Waals surface area (Å²) in [6.45, 7) is 0.383. The van der Waals surface area contributed by atoms with E-state index in [1.165, 1.54) is 0 Å². The zero-order valence-corrected chi connectivity index (χ0v) is 14.1. The number of aliphatic hydroxyl groups is 1. The SMILES string of the molecule is COc1cc2c(-c3cn[nH]c3)cn(-c3cn(CCO)nn3)c2cc1Cl. The van der Waals surface area contributed by atoms with Crippen LogP contribution in [-0.2, 0) is 6.54 Å². The lowest BCUT2D eigenvalue weighted by Crippen LogP contribution is -2.02. The normalized spacial score (nSPS) is 11.3. The Morgan fingerprint density at radius 3 is 2.92 bits per heavy atom. The Kier molecular flexibility index (Phi) is 3.90. The molecule has 3 heterocycles. The predicted octanol–water partition coefficient (Wildman–Crippen LogP) is 2.27. The summed E-state index contributed by atoms with van der Waals surface area (Å²) in [5.41, 5.74) is 2.78. The number of rotatable bonds is 5. The van der Waals surface area contributed by atoms with Gasteiger partial charge in [-0.05, 0) is 12.1 Å². The van der Waals surface area contributed by atoms with E-state index < -0.39 is 0 Å². The molecule has 0 saturated heterocycles. The quantitative estimate of drug-likeness (QED) is 0.570. The third kappa shape index (κ3) is 2.65. The van der Waals surface area contributed by atoms with Crippen LogP contribution in [0.15, 0.2) is 36.9 Å². The highest BCUT2D eigenvalue weighted by atomic mass is 35.5. The summed E-state index contributed by atoms with van der Waals surface area (Å²) in [5, 5.41) is 25.6. The lowest BCUT2D eigenvalue weighted by Gasteiger charge is -2.05. The molecule has 0 aliphatic carbocycles. The summed E-state index contributed by atoms with van der Waals surface area (Å²) >= 11 is 6.32. The van der Waals surface area contributed by atoms with Gasteiger partial charge < -0.3 is 9.84 Å². The van der Waals surface area contributed by atoms with Crippen molar-refractivity contribution < 1.29 is 9.84 Å². The Morgan fingerprint density at radius 2 is 2.20 bits per heavy atom. The molecular weight excluding hydrogens is 344 g/mol. The summed E-state index contributed by atoms with van der Waals surface area (Å²) in [6, 6.07) is 3.74. The molecule has 0 amide bonds. The zero-order chi connectivity index (χ0) is 17.4. The van der Waals surface area contributed by atoms with Gasteiger partial charge in [0.25, 0.3) is 0 Å². The number of methoxy groups -OCH3 is 1. The Morgan fingerprint density at radius 1 is 1.32 bits per heavy atom. The Hall–Kier alpha value is -2.84. The molecule has 0 radical (unpaired) electrons. The smallest absolute Gasteiger partial charge is 0.179 e. The fourth-order valence-corrected chi connectivity index (χ4v) is 3.05. The van der Waals surface area contributed by atoms with Crippen molar-refractivity contribution in [2.75, 3.05) is 13.7 Å². The summed E-state index contributed by atoms with van der Waals surface area (Å²) in [4.78, 5) is 0. The molecule has 128 valence electrons. The minimum absolute atomic E-state index is 0.00147. The number of aromatic nitrogens is 6. The van der Waals surface area contributed by atoms with E-state index in [2.05, 4.69) is 20.5 Å². The highest BCUT2D eigenvalue weighted by molar-refractivity contribution is 6.33. The number of ether oxygens (including phenoxy) is 1. The third-order valence-electron chi connectivity index (χ3n) is 3.99. The molecule has 0 aliphatic heterocycles. The maximum Gasteiger partial charge on any atom is 0.179 e. The first-order chi connectivity index (χ1) is 12.2. The van der Waals surface area contributed by atoms with E-state index in [1.54, 1.807) is 24.2 Å². The van der Waals surface area contributed by atoms with Crippen molar-refractivity contribution in [2.24, 2.45) is 0 Å². The molecule has 8 nitrogen and oxygen atoms in total. The molecule has 4 aromatic rings. The number of fused-ring (bicyclic) bond motifs is 1. The van der Waals surface area contributed by atoms with Crippen LogP contribution in [0.25, 0.3) is 27.8 Å². The highest BCUT2D eigenvalue weighted by Gasteiger charge is 2.17. The molecule has 0 saturated carbocycles. The molecule has 1 aromatic carbocycles. The van der Waals surface area contributed by atoms with Crippen molar-refractivity contribution in [3.05, 3.63) is 41.9 Å². The first-order valence-electron chi connectivity index (χ1n) is 7.60. The van der Waals surface area contributed by atoms with Crippen molar-refractivity contribution in [3.63, 3.8) is 0 Å². The zero-order valence-electron chi connectivity index (χ0n) is 13.3. The van der Waals surface area contributed by atoms with E-state index in [4.69, 9.17) is 21.4 Å². The summed E-state index contributed by atoms with van der Waals surface area (Å²) in [6.07, 6.45) is 7.30. The second-order valence-electron chi connectivity index (χ2n) is 5.47. The van der Waals surface area contributed by atoms with Crippen LogP contribution in [0.3, 0.4) is 0 Å². The van der Waals surface area contributed by atoms with Gasteiger partial charge in [0, 0.05) is 28.9 Å². The van der Waals surface area contributed by atoms with Gasteiger partial charge in [-0.15, -0.1) is 5.10 Å². The number of aromatic amines is 1. The second kappa shape index (κ2) is 6.23. The molecule has 4 rings (SSSR count). The number of halogens is 1. The molecule has 9 heteroatoms. The van der Waals surface area contributed by atoms with Crippen LogP contribution in [0.2, 0.25) is 5.02 Å². The molecule has 25 heavy (non-hydrogen) atoms. The van der Waals surface area contributed by atoms with Gasteiger partial charge in [0.05, 0.1) is 43.2 Å². The Balaban J connectivity index is 1.96. The van der Waals surface area contributed by atoms with Crippen LogP contribution in [0.4, 0.5) is 0 Å². The number of H-pyrrole nitrogens is 1. The maximum atomic E-state index is 9.06. The summed E-state index contributed by atoms with van der Waals surface area (Å²) in [5.74, 6) is 1.23. The fraction of sp³-hybridized carbons (Fsp3) is 0.188. The Bertz CT molecular complexity index is 1020. The minimum atomic E-state index is -0.00147. The topological polar surface area (TPSA) is 93.8 Å². The monoisotopic (exact) mass is 358 g/mol. The van der Waals surface area contributed by atoms with E-state index in [0.717, 1.165) is 22.0 Å². The average Bonchev–Trinajstić information content (AvgIpc) is 3.33. The van der Waals surface area contributed by atoms with Gasteiger partial charge in [-0.3, -0.25) is 9.67 Å². The van der Waals surface area contributed by atoms with Gasteiger partial charge >= 0.3 is 0 Å². The van der Waals surface area contributed by atoms with Gasteiger partial charge in [-0.2, -0.15) is 5.10 Å². The number of nitrogens with one attached hydrogen (secondary N) is 1. The first kappa shape index (κ1) is 15.7. The lowest BCUT2D eigenvalue weighted by atomic mass is 10.1. The molecule has 0 aliphatic rings. The van der Waals surface area contributed by atoms with Crippen LogP contribution in [-0.4, -0.2) is 48.6 Å². The lowest BCUT2D eigenvalue weighted by molar-refractivity contribution is 0.268. The van der Waals surface area contributed by atoms with E-state index in [-0.39, 0.29) is 6.61 Å². The molecule has 3 aromatic heterocycles. The predicted molar refractivity (Wildman–Crippen MR) is 93.1 cm³/mol. The molecule has 0 atom stereocenters. The van der Waals surface area contributed by atoms with Crippen molar-refractivity contribution >= 4 is 22.5 Å². The number of aliphatic hydroxyl groups excluding tert-OH is 1. The summed E-state index contributed by atoms with van der Waals surface area (Å²) < 4.78 is 8.85. The van der Waals surface area contributed by atoms with Crippen molar-refractivity contribution in [1.82, 2.24) is 29.8 Å². The van der Waals surface area contributed by atoms with Crippen molar-refractivity contribution in [1.29, 1.82) is 0 Å². The fourth-order valence-electron chi connectivity index (χ4n) is 2.81. The van der Waals surface area contributed by atoms with Crippen molar-refractivity contribution in [2.45, 2.75) is 6.54 Å². The van der Waals surface area contributed by atoms with Gasteiger partial charge in [-0.25, -0.2) is 4.68 Å². The number of benzene rings is 1. The van der Waals surface area contributed by atoms with E-state index in [9.17, 15) is 0 Å². The highest BCUT2D eigenvalue weighted by Crippen LogP contribution is 2.37. The van der Waals surface area contributed by atoms with E-state index >= 15 is 0 Å². The van der Waals surface area contributed by atoms with Crippen LogP contribution < -0.4 is 4.74 Å². The van der Waals surface area contributed by atoms with Gasteiger partial charge in [0.15, 0.2) is 5.82 Å². The molecule has 2 N–H and O–H groups in total. The second-order valence-corrected chi connectivity index (χ2v) is 5.87.